The first kappa shape index (κ1) is 18.2. The maximum atomic E-state index is 11.4. The number of hydrogen-bond acceptors (Lipinski definition) is 2. The Morgan fingerprint density at radius 1 is 0.786 bits per heavy atom. The van der Waals surface area contributed by atoms with Gasteiger partial charge in [0.05, 0.1) is 5.54 Å². The lowest BCUT2D eigenvalue weighted by Gasteiger charge is -2.39. The van der Waals surface area contributed by atoms with Gasteiger partial charge in [-0.3, -0.25) is 5.32 Å². The first-order chi connectivity index (χ1) is 13.7. The summed E-state index contributed by atoms with van der Waals surface area (Å²) in [6.45, 7) is 0. The first-order valence-electron chi connectivity index (χ1n) is 9.58. The number of nitrogens with one attached hydrogen (secondary N) is 1. The van der Waals surface area contributed by atoms with Crippen LogP contribution in [-0.4, -0.2) is 17.1 Å². The fourth-order valence-corrected chi connectivity index (χ4v) is 4.11. The molecule has 0 aromatic heterocycles. The van der Waals surface area contributed by atoms with E-state index in [-0.39, 0.29) is 6.04 Å². The highest BCUT2D eigenvalue weighted by atomic mass is 16.4. The second-order valence-electron chi connectivity index (χ2n) is 7.13. The third-order valence-electron chi connectivity index (χ3n) is 5.42. The van der Waals surface area contributed by atoms with Crippen LogP contribution in [-0.2, 0) is 10.3 Å². The first-order valence-corrected chi connectivity index (χ1v) is 9.58. The molecule has 0 bridgehead atoms. The second-order valence-corrected chi connectivity index (χ2v) is 7.13. The molecule has 2 N–H and O–H groups in total. The van der Waals surface area contributed by atoms with E-state index in [9.17, 15) is 9.90 Å². The molecule has 3 aromatic carbocycles. The highest BCUT2D eigenvalue weighted by Gasteiger charge is 2.38. The van der Waals surface area contributed by atoms with Gasteiger partial charge in [0.1, 0.15) is 0 Å². The number of hydrogen-bond donors (Lipinski definition) is 2. The fraction of sp³-hybridized carbons (Fsp3) is 0.160. The quantitative estimate of drug-likeness (QED) is 0.617. The van der Waals surface area contributed by atoms with Gasteiger partial charge in [-0.2, -0.15) is 0 Å². The summed E-state index contributed by atoms with van der Waals surface area (Å²) in [5, 5.41) is 13.2. The van der Waals surface area contributed by atoms with Crippen LogP contribution in [0.25, 0.3) is 0 Å². The van der Waals surface area contributed by atoms with Crippen molar-refractivity contribution in [2.24, 2.45) is 0 Å². The van der Waals surface area contributed by atoms with Crippen LogP contribution in [0.5, 0.6) is 0 Å². The van der Waals surface area contributed by atoms with E-state index in [4.69, 9.17) is 0 Å². The summed E-state index contributed by atoms with van der Waals surface area (Å²) in [6.07, 6.45) is 3.23. The van der Waals surface area contributed by atoms with Crippen molar-refractivity contribution in [3.63, 3.8) is 0 Å². The van der Waals surface area contributed by atoms with Crippen LogP contribution in [0.2, 0.25) is 0 Å². The predicted molar refractivity (Wildman–Crippen MR) is 111 cm³/mol. The Kier molecular flexibility index (Phi) is 5.09. The molecule has 1 unspecified atom stereocenters. The van der Waals surface area contributed by atoms with Gasteiger partial charge in [-0.25, -0.2) is 4.79 Å². The molecule has 1 aliphatic rings. The third-order valence-corrected chi connectivity index (χ3v) is 5.42. The highest BCUT2D eigenvalue weighted by molar-refractivity contribution is 5.87. The zero-order valence-corrected chi connectivity index (χ0v) is 15.6. The van der Waals surface area contributed by atoms with Crippen LogP contribution in [0.3, 0.4) is 0 Å². The van der Waals surface area contributed by atoms with Gasteiger partial charge in [-0.15, -0.1) is 0 Å². The average molecular weight is 369 g/mol. The maximum Gasteiger partial charge on any atom is 0.331 e. The molecule has 1 aliphatic carbocycles. The lowest BCUT2D eigenvalue weighted by atomic mass is 9.76. The van der Waals surface area contributed by atoms with Crippen LogP contribution < -0.4 is 5.32 Å². The van der Waals surface area contributed by atoms with Gasteiger partial charge in [0.2, 0.25) is 0 Å². The molecule has 0 spiro atoms. The summed E-state index contributed by atoms with van der Waals surface area (Å²) in [7, 11) is 0. The Balaban J connectivity index is 1.90. The summed E-state index contributed by atoms with van der Waals surface area (Å²) in [4.78, 5) is 11.4. The van der Waals surface area contributed by atoms with Gasteiger partial charge in [0, 0.05) is 11.6 Å². The van der Waals surface area contributed by atoms with Gasteiger partial charge in [-0.05, 0) is 29.5 Å². The van der Waals surface area contributed by atoms with Gasteiger partial charge < -0.3 is 5.11 Å². The van der Waals surface area contributed by atoms with E-state index in [1.807, 2.05) is 60.7 Å². The molecule has 0 aliphatic heterocycles. The summed E-state index contributed by atoms with van der Waals surface area (Å²) < 4.78 is 0. The Morgan fingerprint density at radius 2 is 1.21 bits per heavy atom. The van der Waals surface area contributed by atoms with Crippen molar-refractivity contribution < 1.29 is 9.90 Å². The maximum absolute atomic E-state index is 11.4. The highest BCUT2D eigenvalue weighted by Crippen LogP contribution is 2.38. The minimum atomic E-state index is -0.825. The molecule has 1 atom stereocenters. The van der Waals surface area contributed by atoms with E-state index in [0.29, 0.717) is 12.0 Å². The molecule has 0 saturated heterocycles. The van der Waals surface area contributed by atoms with Crippen molar-refractivity contribution in [2.45, 2.75) is 24.4 Å². The molecule has 3 aromatic rings. The van der Waals surface area contributed by atoms with Crippen molar-refractivity contribution in [1.29, 1.82) is 0 Å². The van der Waals surface area contributed by atoms with Crippen LogP contribution in [0.1, 0.15) is 29.5 Å². The third kappa shape index (κ3) is 3.37. The zero-order chi connectivity index (χ0) is 19.4. The molecule has 3 heteroatoms. The molecule has 0 amide bonds. The molecule has 0 saturated carbocycles. The smallest absolute Gasteiger partial charge is 0.331 e. The molecule has 0 fully saturated rings. The SMILES string of the molecule is O=C(O)C1=CC(NC(c2ccccc2)(c2ccccc2)c2ccccc2)CC1. The number of carboxylic acids is 1. The number of rotatable bonds is 6. The van der Waals surface area contributed by atoms with E-state index in [1.54, 1.807) is 0 Å². The average Bonchev–Trinajstić information content (AvgIpc) is 3.23. The Morgan fingerprint density at radius 3 is 1.57 bits per heavy atom. The van der Waals surface area contributed by atoms with Gasteiger partial charge in [0.15, 0.2) is 0 Å². The van der Waals surface area contributed by atoms with Crippen molar-refractivity contribution in [2.75, 3.05) is 0 Å². The lowest BCUT2D eigenvalue weighted by Crippen LogP contribution is -2.48. The Hall–Kier alpha value is -3.17. The molecule has 4 rings (SSSR count). The molecule has 28 heavy (non-hydrogen) atoms. The summed E-state index contributed by atoms with van der Waals surface area (Å²) in [5.41, 5.74) is 3.30. The molecule has 0 heterocycles. The van der Waals surface area contributed by atoms with Crippen LogP contribution in [0.15, 0.2) is 103 Å². The van der Waals surface area contributed by atoms with Crippen molar-refractivity contribution in [1.82, 2.24) is 5.32 Å². The fourth-order valence-electron chi connectivity index (χ4n) is 4.11. The lowest BCUT2D eigenvalue weighted by molar-refractivity contribution is -0.132. The minimum Gasteiger partial charge on any atom is -0.478 e. The summed E-state index contributed by atoms with van der Waals surface area (Å²) in [5.74, 6) is -0.825. The molecular weight excluding hydrogens is 346 g/mol. The van der Waals surface area contributed by atoms with Crippen LogP contribution in [0, 0.1) is 0 Å². The topological polar surface area (TPSA) is 49.3 Å². The van der Waals surface area contributed by atoms with Gasteiger partial charge >= 0.3 is 5.97 Å². The molecule has 3 nitrogen and oxygen atoms in total. The number of benzene rings is 3. The Bertz CT molecular complexity index is 869. The summed E-state index contributed by atoms with van der Waals surface area (Å²) in [6, 6.07) is 31.1. The molecule has 0 radical (unpaired) electrons. The van der Waals surface area contributed by atoms with Gasteiger partial charge in [-0.1, -0.05) is 97.1 Å². The molecular formula is C25H23NO2. The summed E-state index contributed by atoms with van der Waals surface area (Å²) >= 11 is 0. The standard InChI is InChI=1S/C25H23NO2/c27-24(28)19-16-17-23(18-19)26-25(20-10-4-1-5-11-20,21-12-6-2-7-13-21)22-14-8-3-9-15-22/h1-15,18,23,26H,16-17H2,(H,27,28). The van der Waals surface area contributed by atoms with E-state index in [0.717, 1.165) is 23.1 Å². The number of carboxylic acid groups (broad SMARTS) is 1. The minimum absolute atomic E-state index is 0.0216. The largest absolute Gasteiger partial charge is 0.478 e. The number of aliphatic carboxylic acids is 1. The van der Waals surface area contributed by atoms with Crippen molar-refractivity contribution in [3.05, 3.63) is 119 Å². The van der Waals surface area contributed by atoms with Crippen LogP contribution in [0.4, 0.5) is 0 Å². The van der Waals surface area contributed by atoms with E-state index >= 15 is 0 Å². The van der Waals surface area contributed by atoms with Crippen LogP contribution >= 0.6 is 0 Å². The van der Waals surface area contributed by atoms with Crippen molar-refractivity contribution in [3.8, 4) is 0 Å². The number of carbonyl (C=O) groups is 1. The Labute approximate surface area is 165 Å². The van der Waals surface area contributed by atoms with E-state index in [2.05, 4.69) is 41.7 Å². The zero-order valence-electron chi connectivity index (χ0n) is 15.6. The predicted octanol–water partition coefficient (Wildman–Crippen LogP) is 4.74. The van der Waals surface area contributed by atoms with E-state index < -0.39 is 11.5 Å². The van der Waals surface area contributed by atoms with E-state index in [1.165, 1.54) is 0 Å². The second kappa shape index (κ2) is 7.83. The molecule has 140 valence electrons. The normalized spacial score (nSPS) is 16.6. The van der Waals surface area contributed by atoms with Crippen molar-refractivity contribution >= 4 is 5.97 Å². The van der Waals surface area contributed by atoms with Gasteiger partial charge in [0.25, 0.3) is 0 Å². The monoisotopic (exact) mass is 369 g/mol.